The molecule has 1 aromatic carbocycles. The maximum atomic E-state index is 12.6. The molecule has 0 saturated heterocycles. The molecule has 0 aromatic heterocycles. The van der Waals surface area contributed by atoms with Crippen molar-refractivity contribution in [3.8, 4) is 5.75 Å². The SMILES string of the molecule is CCCCC[C@@](C)(OCC)C(=O)Nc1ccc(OC)c(C)c1. The van der Waals surface area contributed by atoms with Gasteiger partial charge in [-0.25, -0.2) is 0 Å². The molecule has 1 aromatic rings. The lowest BCUT2D eigenvalue weighted by molar-refractivity contribution is -0.139. The lowest BCUT2D eigenvalue weighted by Gasteiger charge is -2.28. The Kier molecular flexibility index (Phi) is 7.39. The molecular weight excluding hydrogens is 278 g/mol. The lowest BCUT2D eigenvalue weighted by Crippen LogP contribution is -2.42. The number of hydrogen-bond donors (Lipinski definition) is 1. The van der Waals surface area contributed by atoms with E-state index in [4.69, 9.17) is 9.47 Å². The summed E-state index contributed by atoms with van der Waals surface area (Å²) >= 11 is 0. The van der Waals surface area contributed by atoms with Crippen LogP contribution in [0.25, 0.3) is 0 Å². The van der Waals surface area contributed by atoms with E-state index in [1.807, 2.05) is 39.0 Å². The molecule has 1 N–H and O–H groups in total. The van der Waals surface area contributed by atoms with Gasteiger partial charge in [0.25, 0.3) is 5.91 Å². The minimum atomic E-state index is -0.780. The van der Waals surface area contributed by atoms with Crippen molar-refractivity contribution in [1.82, 2.24) is 0 Å². The second-order valence-electron chi connectivity index (χ2n) is 5.76. The van der Waals surface area contributed by atoms with E-state index in [1.54, 1.807) is 7.11 Å². The molecule has 4 nitrogen and oxygen atoms in total. The summed E-state index contributed by atoms with van der Waals surface area (Å²) in [6, 6.07) is 5.62. The van der Waals surface area contributed by atoms with Crippen LogP contribution in [-0.4, -0.2) is 25.2 Å². The highest BCUT2D eigenvalue weighted by Gasteiger charge is 2.33. The van der Waals surface area contributed by atoms with Gasteiger partial charge in [0.1, 0.15) is 11.4 Å². The van der Waals surface area contributed by atoms with Gasteiger partial charge in [0.2, 0.25) is 0 Å². The number of rotatable bonds is 9. The highest BCUT2D eigenvalue weighted by Crippen LogP contribution is 2.25. The molecule has 0 aliphatic heterocycles. The Morgan fingerprint density at radius 2 is 2.00 bits per heavy atom. The molecule has 124 valence electrons. The van der Waals surface area contributed by atoms with Crippen LogP contribution in [0, 0.1) is 6.92 Å². The van der Waals surface area contributed by atoms with E-state index in [9.17, 15) is 4.79 Å². The largest absolute Gasteiger partial charge is 0.496 e. The Labute approximate surface area is 134 Å². The second kappa shape index (κ2) is 8.79. The standard InChI is InChI=1S/C18H29NO3/c1-6-8-9-12-18(4,22-7-2)17(20)19-15-10-11-16(21-5)14(3)13-15/h10-11,13H,6-9,12H2,1-5H3,(H,19,20)/t18-/m1/s1. The van der Waals surface area contributed by atoms with Gasteiger partial charge in [0.05, 0.1) is 7.11 Å². The summed E-state index contributed by atoms with van der Waals surface area (Å²) in [5.41, 5.74) is 0.978. The van der Waals surface area contributed by atoms with Crippen molar-refractivity contribution in [3.05, 3.63) is 23.8 Å². The van der Waals surface area contributed by atoms with Crippen molar-refractivity contribution >= 4 is 11.6 Å². The first-order valence-electron chi connectivity index (χ1n) is 8.07. The fourth-order valence-corrected chi connectivity index (χ4v) is 2.50. The van der Waals surface area contributed by atoms with Gasteiger partial charge >= 0.3 is 0 Å². The van der Waals surface area contributed by atoms with Gasteiger partial charge in [-0.2, -0.15) is 0 Å². The van der Waals surface area contributed by atoms with E-state index >= 15 is 0 Å². The van der Waals surface area contributed by atoms with Crippen LogP contribution in [0.1, 0.15) is 52.0 Å². The molecule has 0 fully saturated rings. The van der Waals surface area contributed by atoms with Crippen LogP contribution in [-0.2, 0) is 9.53 Å². The molecule has 1 atom stereocenters. The molecule has 1 amide bonds. The summed E-state index contributed by atoms with van der Waals surface area (Å²) in [4.78, 5) is 12.6. The first-order chi connectivity index (χ1) is 10.5. The quantitative estimate of drug-likeness (QED) is 0.691. The number of benzene rings is 1. The number of carbonyl (C=O) groups excluding carboxylic acids is 1. The number of anilines is 1. The molecule has 1 rings (SSSR count). The molecule has 0 bridgehead atoms. The highest BCUT2D eigenvalue weighted by molar-refractivity contribution is 5.97. The summed E-state index contributed by atoms with van der Waals surface area (Å²) in [5, 5.41) is 2.97. The molecule has 0 radical (unpaired) electrons. The monoisotopic (exact) mass is 307 g/mol. The maximum absolute atomic E-state index is 12.6. The van der Waals surface area contributed by atoms with Gasteiger partial charge < -0.3 is 14.8 Å². The normalized spacial score (nSPS) is 13.5. The molecule has 0 spiro atoms. The van der Waals surface area contributed by atoms with Gasteiger partial charge in [-0.3, -0.25) is 4.79 Å². The Morgan fingerprint density at radius 1 is 1.27 bits per heavy atom. The van der Waals surface area contributed by atoms with E-state index in [1.165, 1.54) is 0 Å². The van der Waals surface area contributed by atoms with Crippen LogP contribution in [0.4, 0.5) is 5.69 Å². The van der Waals surface area contributed by atoms with Crippen molar-refractivity contribution in [2.45, 2.75) is 59.0 Å². The molecule has 0 saturated carbocycles. The number of ether oxygens (including phenoxy) is 2. The topological polar surface area (TPSA) is 47.6 Å². The van der Waals surface area contributed by atoms with Crippen LogP contribution in [0.15, 0.2) is 18.2 Å². The van der Waals surface area contributed by atoms with Crippen molar-refractivity contribution in [2.24, 2.45) is 0 Å². The Morgan fingerprint density at radius 3 is 2.55 bits per heavy atom. The predicted octanol–water partition coefficient (Wildman–Crippen LogP) is 4.32. The number of carbonyl (C=O) groups is 1. The molecule has 0 unspecified atom stereocenters. The number of aryl methyl sites for hydroxylation is 1. The lowest BCUT2D eigenvalue weighted by atomic mass is 9.96. The van der Waals surface area contributed by atoms with Gasteiger partial charge in [-0.15, -0.1) is 0 Å². The van der Waals surface area contributed by atoms with Gasteiger partial charge in [0, 0.05) is 12.3 Å². The van der Waals surface area contributed by atoms with Gasteiger partial charge in [0.15, 0.2) is 0 Å². The van der Waals surface area contributed by atoms with Crippen molar-refractivity contribution in [1.29, 1.82) is 0 Å². The van der Waals surface area contributed by atoms with Crippen molar-refractivity contribution < 1.29 is 14.3 Å². The number of nitrogens with one attached hydrogen (secondary N) is 1. The van der Waals surface area contributed by atoms with E-state index in [0.717, 1.165) is 42.7 Å². The van der Waals surface area contributed by atoms with Gasteiger partial charge in [-0.05, 0) is 51.0 Å². The zero-order valence-electron chi connectivity index (χ0n) is 14.5. The summed E-state index contributed by atoms with van der Waals surface area (Å²) in [6.45, 7) is 8.42. The number of amides is 1. The van der Waals surface area contributed by atoms with E-state index in [2.05, 4.69) is 12.2 Å². The zero-order chi connectivity index (χ0) is 16.6. The first-order valence-corrected chi connectivity index (χ1v) is 8.07. The Balaban J connectivity index is 2.79. The van der Waals surface area contributed by atoms with Crippen LogP contribution in [0.2, 0.25) is 0 Å². The van der Waals surface area contributed by atoms with Crippen molar-refractivity contribution in [2.75, 3.05) is 19.0 Å². The predicted molar refractivity (Wildman–Crippen MR) is 90.5 cm³/mol. The van der Waals surface area contributed by atoms with Gasteiger partial charge in [-0.1, -0.05) is 26.2 Å². The van der Waals surface area contributed by atoms with E-state index in [0.29, 0.717) is 6.61 Å². The molecule has 4 heteroatoms. The van der Waals surface area contributed by atoms with E-state index < -0.39 is 5.60 Å². The first kappa shape index (κ1) is 18.5. The van der Waals surface area contributed by atoms with Crippen molar-refractivity contribution in [3.63, 3.8) is 0 Å². The smallest absolute Gasteiger partial charge is 0.256 e. The van der Waals surface area contributed by atoms with Crippen LogP contribution >= 0.6 is 0 Å². The average molecular weight is 307 g/mol. The third kappa shape index (κ3) is 5.02. The average Bonchev–Trinajstić information content (AvgIpc) is 2.48. The number of unbranched alkanes of at least 4 members (excludes halogenated alkanes) is 2. The highest BCUT2D eigenvalue weighted by atomic mass is 16.5. The molecule has 0 aliphatic rings. The molecular formula is C18H29NO3. The van der Waals surface area contributed by atoms with Crippen LogP contribution in [0.3, 0.4) is 0 Å². The number of hydrogen-bond acceptors (Lipinski definition) is 3. The minimum Gasteiger partial charge on any atom is -0.496 e. The Bertz CT molecular complexity index is 487. The second-order valence-corrected chi connectivity index (χ2v) is 5.76. The van der Waals surface area contributed by atoms with E-state index in [-0.39, 0.29) is 5.91 Å². The third-order valence-electron chi connectivity index (χ3n) is 3.85. The zero-order valence-corrected chi connectivity index (χ0v) is 14.5. The summed E-state index contributed by atoms with van der Waals surface area (Å²) in [7, 11) is 1.64. The minimum absolute atomic E-state index is 0.0879. The maximum Gasteiger partial charge on any atom is 0.256 e. The number of methoxy groups -OCH3 is 1. The fourth-order valence-electron chi connectivity index (χ4n) is 2.50. The molecule has 0 aliphatic carbocycles. The fraction of sp³-hybridized carbons (Fsp3) is 0.611. The summed E-state index contributed by atoms with van der Waals surface area (Å²) in [5.74, 6) is 0.725. The summed E-state index contributed by atoms with van der Waals surface area (Å²) < 4.78 is 11.0. The van der Waals surface area contributed by atoms with Crippen LogP contribution < -0.4 is 10.1 Å². The third-order valence-corrected chi connectivity index (χ3v) is 3.85. The Hall–Kier alpha value is -1.55. The molecule has 0 heterocycles. The van der Waals surface area contributed by atoms with Crippen LogP contribution in [0.5, 0.6) is 5.75 Å². The molecule has 22 heavy (non-hydrogen) atoms. The summed E-state index contributed by atoms with van der Waals surface area (Å²) in [6.07, 6.45) is 3.96.